The van der Waals surface area contributed by atoms with E-state index < -0.39 is 0 Å². The number of unbranched alkanes of at least 4 members (excludes halogenated alkanes) is 24. The number of aliphatic hydroxyl groups is 1. The fourth-order valence-corrected chi connectivity index (χ4v) is 5.42. The highest BCUT2D eigenvalue weighted by atomic mass is 16.3. The first-order valence-corrected chi connectivity index (χ1v) is 16.4. The minimum absolute atomic E-state index is 0.379. The Labute approximate surface area is 217 Å². The number of hydrogen-bond donors (Lipinski definition) is 1. The Bertz CT molecular complexity index is 366. The first-order valence-electron chi connectivity index (χ1n) is 16.4. The van der Waals surface area contributed by atoms with Gasteiger partial charge in [-0.25, -0.2) is 0 Å². The molecule has 1 atom stereocenters. The van der Waals surface area contributed by atoms with Gasteiger partial charge in [-0.05, 0) is 19.3 Å². The van der Waals surface area contributed by atoms with Gasteiger partial charge in [0, 0.05) is 0 Å². The molecular weight excluding hydrogens is 412 g/mol. The van der Waals surface area contributed by atoms with Gasteiger partial charge < -0.3 is 5.11 Å². The van der Waals surface area contributed by atoms with Crippen LogP contribution in [0.25, 0.3) is 0 Å². The smallest absolute Gasteiger partial charge is 0.0645 e. The maximum Gasteiger partial charge on any atom is 0.0645 e. The molecule has 0 aliphatic rings. The Balaban J connectivity index is 3.39. The molecule has 206 valence electrons. The topological polar surface area (TPSA) is 20.2 Å². The second-order valence-electron chi connectivity index (χ2n) is 11.6. The van der Waals surface area contributed by atoms with E-state index in [0.717, 1.165) is 19.3 Å². The van der Waals surface area contributed by atoms with E-state index in [9.17, 15) is 5.11 Å². The van der Waals surface area contributed by atoms with Crippen LogP contribution in [0.1, 0.15) is 207 Å². The molecule has 0 aromatic carbocycles. The average molecular weight is 481 g/mol. The number of hydrogen-bond acceptors (Lipinski definition) is 1. The van der Waals surface area contributed by atoms with Crippen LogP contribution in [0.3, 0.4) is 0 Å². The van der Waals surface area contributed by atoms with Crippen molar-refractivity contribution in [2.24, 2.45) is 0 Å². The molecule has 0 amide bonds. The van der Waals surface area contributed by atoms with Crippen LogP contribution in [0, 0.1) is 0 Å². The van der Waals surface area contributed by atoms with Crippen molar-refractivity contribution in [3.05, 3.63) is 0 Å². The largest absolute Gasteiger partial charge is 0.390 e. The quantitative estimate of drug-likeness (QED) is 0.105. The van der Waals surface area contributed by atoms with Crippen LogP contribution in [0.5, 0.6) is 0 Å². The second kappa shape index (κ2) is 27.5. The lowest BCUT2D eigenvalue weighted by Gasteiger charge is -2.27. The summed E-state index contributed by atoms with van der Waals surface area (Å²) in [4.78, 5) is 0. The standard InChI is InChI=1S/C33H68O/c1-4-7-9-11-13-15-17-18-19-20-21-22-24-26-28-30-32-33(34,6-3)31-29-27-25-23-16-14-12-10-8-5-2/h34H,4-32H2,1-3H3. The first kappa shape index (κ1) is 34.0. The van der Waals surface area contributed by atoms with Crippen molar-refractivity contribution >= 4 is 0 Å². The summed E-state index contributed by atoms with van der Waals surface area (Å²) in [6, 6.07) is 0. The van der Waals surface area contributed by atoms with Gasteiger partial charge in [0.25, 0.3) is 0 Å². The SMILES string of the molecule is CCCCCCCCCCCCCCCCCCC(O)(CC)CCCCCCCCCCCC. The molecule has 0 saturated carbocycles. The zero-order chi connectivity index (χ0) is 25.0. The highest BCUT2D eigenvalue weighted by molar-refractivity contribution is 4.76. The minimum Gasteiger partial charge on any atom is -0.390 e. The van der Waals surface area contributed by atoms with Crippen LogP contribution in [-0.2, 0) is 0 Å². The molecule has 0 heterocycles. The molecular formula is C33H68O. The summed E-state index contributed by atoms with van der Waals surface area (Å²) in [5.41, 5.74) is -0.379. The monoisotopic (exact) mass is 481 g/mol. The highest BCUT2D eigenvalue weighted by Crippen LogP contribution is 2.26. The molecule has 0 spiro atoms. The Morgan fingerprint density at radius 1 is 0.324 bits per heavy atom. The Kier molecular flexibility index (Phi) is 27.5. The van der Waals surface area contributed by atoms with Gasteiger partial charge in [0.15, 0.2) is 0 Å². The van der Waals surface area contributed by atoms with Gasteiger partial charge in [-0.2, -0.15) is 0 Å². The molecule has 0 saturated heterocycles. The van der Waals surface area contributed by atoms with Gasteiger partial charge in [-0.1, -0.05) is 188 Å². The Hall–Kier alpha value is -0.0400. The van der Waals surface area contributed by atoms with Crippen molar-refractivity contribution in [3.8, 4) is 0 Å². The van der Waals surface area contributed by atoms with Crippen LogP contribution in [-0.4, -0.2) is 10.7 Å². The Morgan fingerprint density at radius 2 is 0.529 bits per heavy atom. The summed E-state index contributed by atoms with van der Waals surface area (Å²) < 4.78 is 0. The molecule has 0 aromatic rings. The maximum atomic E-state index is 11.0. The van der Waals surface area contributed by atoms with Crippen LogP contribution in [0.15, 0.2) is 0 Å². The van der Waals surface area contributed by atoms with Crippen molar-refractivity contribution in [1.82, 2.24) is 0 Å². The third-order valence-corrected chi connectivity index (χ3v) is 8.15. The van der Waals surface area contributed by atoms with Gasteiger partial charge in [-0.3, -0.25) is 0 Å². The van der Waals surface area contributed by atoms with Crippen LogP contribution in [0.2, 0.25) is 0 Å². The molecule has 0 bridgehead atoms. The summed E-state index contributed by atoms with van der Waals surface area (Å²) in [6.45, 7) is 6.77. The lowest BCUT2D eigenvalue weighted by Crippen LogP contribution is -2.27. The third-order valence-electron chi connectivity index (χ3n) is 8.15. The molecule has 0 aliphatic carbocycles. The highest BCUT2D eigenvalue weighted by Gasteiger charge is 2.23. The Morgan fingerprint density at radius 3 is 0.735 bits per heavy atom. The summed E-state index contributed by atoms with van der Waals surface area (Å²) in [6.07, 6.45) is 39.4. The summed E-state index contributed by atoms with van der Waals surface area (Å²) >= 11 is 0. The van der Waals surface area contributed by atoms with E-state index >= 15 is 0 Å². The lowest BCUT2D eigenvalue weighted by molar-refractivity contribution is 0.0140. The zero-order valence-electron chi connectivity index (χ0n) is 24.5. The predicted octanol–water partition coefficient (Wildman–Crippen LogP) is 12.1. The van der Waals surface area contributed by atoms with Crippen LogP contribution < -0.4 is 0 Å². The van der Waals surface area contributed by atoms with Gasteiger partial charge in [0.1, 0.15) is 0 Å². The molecule has 1 nitrogen and oxygen atoms in total. The zero-order valence-corrected chi connectivity index (χ0v) is 24.5. The van der Waals surface area contributed by atoms with Crippen LogP contribution in [0.4, 0.5) is 0 Å². The van der Waals surface area contributed by atoms with Gasteiger partial charge in [-0.15, -0.1) is 0 Å². The first-order chi connectivity index (χ1) is 16.7. The maximum absolute atomic E-state index is 11.0. The molecule has 1 heteroatoms. The summed E-state index contributed by atoms with van der Waals surface area (Å²) in [5.74, 6) is 0. The minimum atomic E-state index is -0.379. The molecule has 34 heavy (non-hydrogen) atoms. The second-order valence-corrected chi connectivity index (χ2v) is 11.6. The molecule has 0 radical (unpaired) electrons. The van der Waals surface area contributed by atoms with E-state index in [0.29, 0.717) is 0 Å². The van der Waals surface area contributed by atoms with E-state index in [4.69, 9.17) is 0 Å². The van der Waals surface area contributed by atoms with E-state index in [-0.39, 0.29) is 5.60 Å². The van der Waals surface area contributed by atoms with Crippen molar-refractivity contribution in [2.45, 2.75) is 213 Å². The molecule has 0 aromatic heterocycles. The fraction of sp³-hybridized carbons (Fsp3) is 1.00. The average Bonchev–Trinajstić information content (AvgIpc) is 2.85. The molecule has 0 rings (SSSR count). The normalized spacial score (nSPS) is 13.4. The van der Waals surface area contributed by atoms with E-state index in [1.807, 2.05) is 0 Å². The van der Waals surface area contributed by atoms with Crippen molar-refractivity contribution in [2.75, 3.05) is 0 Å². The fourth-order valence-electron chi connectivity index (χ4n) is 5.42. The van der Waals surface area contributed by atoms with E-state index in [1.165, 1.54) is 167 Å². The van der Waals surface area contributed by atoms with Gasteiger partial charge in [0.2, 0.25) is 0 Å². The van der Waals surface area contributed by atoms with Gasteiger partial charge in [0.05, 0.1) is 5.60 Å². The third kappa shape index (κ3) is 25.1. The van der Waals surface area contributed by atoms with Gasteiger partial charge >= 0.3 is 0 Å². The lowest BCUT2D eigenvalue weighted by atomic mass is 9.87. The van der Waals surface area contributed by atoms with Crippen molar-refractivity contribution in [3.63, 3.8) is 0 Å². The molecule has 0 fully saturated rings. The van der Waals surface area contributed by atoms with Crippen molar-refractivity contribution < 1.29 is 5.11 Å². The van der Waals surface area contributed by atoms with E-state index in [1.54, 1.807) is 0 Å². The summed E-state index contributed by atoms with van der Waals surface area (Å²) in [5, 5.41) is 11.0. The summed E-state index contributed by atoms with van der Waals surface area (Å²) in [7, 11) is 0. The van der Waals surface area contributed by atoms with Crippen LogP contribution >= 0.6 is 0 Å². The molecule has 0 aliphatic heterocycles. The number of rotatable bonds is 29. The van der Waals surface area contributed by atoms with E-state index in [2.05, 4.69) is 20.8 Å². The molecule has 1 N–H and O–H groups in total. The molecule has 1 unspecified atom stereocenters. The van der Waals surface area contributed by atoms with Crippen molar-refractivity contribution in [1.29, 1.82) is 0 Å². The predicted molar refractivity (Wildman–Crippen MR) is 156 cm³/mol.